The van der Waals surface area contributed by atoms with Crippen molar-refractivity contribution in [2.24, 2.45) is 0 Å². The van der Waals surface area contributed by atoms with Crippen LogP contribution in [0.4, 0.5) is 4.39 Å². The molecule has 0 atom stereocenters. The minimum Gasteiger partial charge on any atom is -0.298 e. The maximum atomic E-state index is 13.6. The molecule has 0 saturated carbocycles. The zero-order valence-corrected chi connectivity index (χ0v) is 9.94. The number of carbonyl (C=O) groups is 1. The van der Waals surface area contributed by atoms with E-state index in [9.17, 15) is 9.18 Å². The molecule has 15 heavy (non-hydrogen) atoms. The van der Waals surface area contributed by atoms with Crippen molar-refractivity contribution in [1.82, 2.24) is 0 Å². The highest BCUT2D eigenvalue weighted by atomic mass is 79.9. The topological polar surface area (TPSA) is 17.1 Å². The molecule has 1 heterocycles. The van der Waals surface area contributed by atoms with Gasteiger partial charge in [0.15, 0.2) is 0 Å². The van der Waals surface area contributed by atoms with Crippen LogP contribution in [0.25, 0.3) is 11.1 Å². The van der Waals surface area contributed by atoms with Crippen LogP contribution in [0.1, 0.15) is 10.4 Å². The molecule has 0 saturated heterocycles. The molecule has 0 fully saturated rings. The second-order valence-corrected chi connectivity index (χ2v) is 4.59. The molecule has 0 aliphatic carbocycles. The Kier molecular flexibility index (Phi) is 2.98. The van der Waals surface area contributed by atoms with Crippen molar-refractivity contribution in [1.29, 1.82) is 0 Å². The Morgan fingerprint density at radius 2 is 2.07 bits per heavy atom. The molecule has 2 aromatic rings. The Balaban J connectivity index is 2.55. The van der Waals surface area contributed by atoms with Gasteiger partial charge >= 0.3 is 0 Å². The Hall–Kier alpha value is -1.000. The van der Waals surface area contributed by atoms with Gasteiger partial charge in [-0.1, -0.05) is 12.1 Å². The summed E-state index contributed by atoms with van der Waals surface area (Å²) in [4.78, 5) is 10.4. The van der Waals surface area contributed by atoms with Gasteiger partial charge in [-0.3, -0.25) is 4.79 Å². The fraction of sp³-hybridized carbons (Fsp3) is 0. The second kappa shape index (κ2) is 4.24. The zero-order valence-electron chi connectivity index (χ0n) is 7.54. The standard InChI is InChI=1S/C11H6BrFOS/c12-10-6-15-5-9(10)8-2-1-7(4-14)3-11(8)13/h1-6H. The number of hydrogen-bond acceptors (Lipinski definition) is 2. The summed E-state index contributed by atoms with van der Waals surface area (Å²) < 4.78 is 14.5. The van der Waals surface area contributed by atoms with Crippen LogP contribution in [-0.2, 0) is 0 Å². The maximum Gasteiger partial charge on any atom is 0.150 e. The molecular formula is C11H6BrFOS. The molecule has 0 radical (unpaired) electrons. The van der Waals surface area contributed by atoms with Crippen molar-refractivity contribution < 1.29 is 9.18 Å². The van der Waals surface area contributed by atoms with E-state index in [0.717, 1.165) is 10.0 Å². The predicted octanol–water partition coefficient (Wildman–Crippen LogP) is 4.13. The van der Waals surface area contributed by atoms with Crippen LogP contribution >= 0.6 is 27.3 Å². The number of benzene rings is 1. The van der Waals surface area contributed by atoms with Crippen LogP contribution in [0.15, 0.2) is 33.4 Å². The zero-order chi connectivity index (χ0) is 10.8. The van der Waals surface area contributed by atoms with Crippen LogP contribution in [0, 0.1) is 5.82 Å². The van der Waals surface area contributed by atoms with Gasteiger partial charge in [0.05, 0.1) is 0 Å². The first-order valence-corrected chi connectivity index (χ1v) is 5.92. The highest BCUT2D eigenvalue weighted by Gasteiger charge is 2.09. The molecule has 0 N–H and O–H groups in total. The number of rotatable bonds is 2. The van der Waals surface area contributed by atoms with E-state index in [1.54, 1.807) is 12.1 Å². The third-order valence-electron chi connectivity index (χ3n) is 2.03. The van der Waals surface area contributed by atoms with Crippen LogP contribution in [-0.4, -0.2) is 6.29 Å². The first kappa shape index (κ1) is 10.5. The highest BCUT2D eigenvalue weighted by Crippen LogP contribution is 2.33. The van der Waals surface area contributed by atoms with E-state index in [4.69, 9.17) is 0 Å². The fourth-order valence-electron chi connectivity index (χ4n) is 1.30. The van der Waals surface area contributed by atoms with Crippen LogP contribution in [0.5, 0.6) is 0 Å². The molecule has 2 rings (SSSR count). The average Bonchev–Trinajstić information content (AvgIpc) is 2.64. The van der Waals surface area contributed by atoms with Gasteiger partial charge in [-0.15, -0.1) is 0 Å². The Labute approximate surface area is 98.7 Å². The summed E-state index contributed by atoms with van der Waals surface area (Å²) in [7, 11) is 0. The minimum atomic E-state index is -0.376. The predicted molar refractivity (Wildman–Crippen MR) is 62.8 cm³/mol. The first-order chi connectivity index (χ1) is 7.22. The lowest BCUT2D eigenvalue weighted by molar-refractivity contribution is 0.112. The molecule has 0 amide bonds. The summed E-state index contributed by atoms with van der Waals surface area (Å²) >= 11 is 4.84. The van der Waals surface area contributed by atoms with Gasteiger partial charge in [0.25, 0.3) is 0 Å². The smallest absolute Gasteiger partial charge is 0.150 e. The molecule has 0 aliphatic heterocycles. The normalized spacial score (nSPS) is 10.3. The average molecular weight is 285 g/mol. The van der Waals surface area contributed by atoms with Crippen LogP contribution in [0.3, 0.4) is 0 Å². The lowest BCUT2D eigenvalue weighted by Crippen LogP contribution is -1.87. The number of aldehydes is 1. The van der Waals surface area contributed by atoms with Gasteiger partial charge in [-0.05, 0) is 27.4 Å². The SMILES string of the molecule is O=Cc1ccc(-c2cscc2Br)c(F)c1. The number of thiophene rings is 1. The van der Waals surface area contributed by atoms with Gasteiger partial charge in [-0.25, -0.2) is 4.39 Å². The van der Waals surface area contributed by atoms with E-state index in [2.05, 4.69) is 15.9 Å². The largest absolute Gasteiger partial charge is 0.298 e. The lowest BCUT2D eigenvalue weighted by atomic mass is 10.1. The van der Waals surface area contributed by atoms with E-state index in [-0.39, 0.29) is 5.82 Å². The third-order valence-corrected chi connectivity index (χ3v) is 3.74. The Morgan fingerprint density at radius 3 is 2.60 bits per heavy atom. The first-order valence-electron chi connectivity index (χ1n) is 4.19. The number of halogens is 2. The van der Waals surface area contributed by atoms with E-state index in [0.29, 0.717) is 17.4 Å². The molecule has 1 nitrogen and oxygen atoms in total. The third kappa shape index (κ3) is 2.01. The lowest BCUT2D eigenvalue weighted by Gasteiger charge is -2.02. The van der Waals surface area contributed by atoms with Gasteiger partial charge in [0.2, 0.25) is 0 Å². The van der Waals surface area contributed by atoms with Gasteiger partial charge in [-0.2, -0.15) is 11.3 Å². The summed E-state index contributed by atoms with van der Waals surface area (Å²) in [5.41, 5.74) is 1.67. The van der Waals surface area contributed by atoms with Gasteiger partial charge < -0.3 is 0 Å². The molecule has 1 aromatic carbocycles. The van der Waals surface area contributed by atoms with Crippen molar-refractivity contribution in [3.63, 3.8) is 0 Å². The van der Waals surface area contributed by atoms with Crippen LogP contribution < -0.4 is 0 Å². The van der Waals surface area contributed by atoms with E-state index >= 15 is 0 Å². The van der Waals surface area contributed by atoms with Crippen molar-refractivity contribution in [2.45, 2.75) is 0 Å². The molecule has 4 heteroatoms. The van der Waals surface area contributed by atoms with Crippen LogP contribution in [0.2, 0.25) is 0 Å². The van der Waals surface area contributed by atoms with Gasteiger partial charge in [0.1, 0.15) is 12.1 Å². The highest BCUT2D eigenvalue weighted by molar-refractivity contribution is 9.10. The Morgan fingerprint density at radius 1 is 1.27 bits per heavy atom. The van der Waals surface area contributed by atoms with E-state index in [1.165, 1.54) is 17.4 Å². The molecule has 0 bridgehead atoms. The van der Waals surface area contributed by atoms with E-state index in [1.807, 2.05) is 10.8 Å². The van der Waals surface area contributed by atoms with E-state index < -0.39 is 0 Å². The number of carbonyl (C=O) groups excluding carboxylic acids is 1. The van der Waals surface area contributed by atoms with Crippen molar-refractivity contribution >= 4 is 33.6 Å². The maximum absolute atomic E-state index is 13.6. The Bertz CT molecular complexity index is 507. The molecule has 0 unspecified atom stereocenters. The summed E-state index contributed by atoms with van der Waals surface area (Å²) in [6.07, 6.45) is 0.634. The molecule has 1 aromatic heterocycles. The van der Waals surface area contributed by atoms with Crippen molar-refractivity contribution in [3.05, 3.63) is 44.8 Å². The molecule has 0 spiro atoms. The molecule has 0 aliphatic rings. The monoisotopic (exact) mass is 284 g/mol. The summed E-state index contributed by atoms with van der Waals surface area (Å²) in [5.74, 6) is -0.376. The quantitative estimate of drug-likeness (QED) is 0.758. The summed E-state index contributed by atoms with van der Waals surface area (Å²) in [6.45, 7) is 0. The second-order valence-electron chi connectivity index (χ2n) is 2.99. The van der Waals surface area contributed by atoms with Crippen molar-refractivity contribution in [3.8, 4) is 11.1 Å². The van der Waals surface area contributed by atoms with Gasteiger partial charge in [0, 0.05) is 26.5 Å². The van der Waals surface area contributed by atoms with Crippen molar-refractivity contribution in [2.75, 3.05) is 0 Å². The number of hydrogen-bond donors (Lipinski definition) is 0. The summed E-state index contributed by atoms with van der Waals surface area (Å²) in [5, 5.41) is 3.76. The molecular weight excluding hydrogens is 279 g/mol. The summed E-state index contributed by atoms with van der Waals surface area (Å²) in [6, 6.07) is 4.47. The molecule has 76 valence electrons. The fourth-order valence-corrected chi connectivity index (χ4v) is 2.80. The minimum absolute atomic E-state index is 0.350.